The standard InChI is InChI=1S/C13H16ClIN2O3/c1-3-13(2,11(18)19)7-16-12(20)17-10-5-4-8(15)6-9(10)14/h4-6H,3,7H2,1-2H3,(H,18,19)(H2,16,17,20). The third kappa shape index (κ3) is 4.52. The Morgan fingerprint density at radius 2 is 2.10 bits per heavy atom. The van der Waals surface area contributed by atoms with Gasteiger partial charge in [0.15, 0.2) is 0 Å². The number of carboxylic acids is 1. The Balaban J connectivity index is 2.62. The summed E-state index contributed by atoms with van der Waals surface area (Å²) < 4.78 is 0.961. The largest absolute Gasteiger partial charge is 0.481 e. The summed E-state index contributed by atoms with van der Waals surface area (Å²) in [5.41, 5.74) is -0.495. The fourth-order valence-corrected chi connectivity index (χ4v) is 2.29. The Morgan fingerprint density at radius 3 is 2.60 bits per heavy atom. The molecule has 0 heterocycles. The van der Waals surface area contributed by atoms with E-state index in [1.807, 2.05) is 6.07 Å². The molecular formula is C13H16ClIN2O3. The lowest BCUT2D eigenvalue weighted by atomic mass is 9.88. The molecule has 1 aromatic carbocycles. The van der Waals surface area contributed by atoms with Crippen LogP contribution in [0.15, 0.2) is 18.2 Å². The molecule has 110 valence electrons. The fourth-order valence-electron chi connectivity index (χ4n) is 1.38. The summed E-state index contributed by atoms with van der Waals surface area (Å²) in [4.78, 5) is 22.9. The van der Waals surface area contributed by atoms with E-state index >= 15 is 0 Å². The van der Waals surface area contributed by atoms with Gasteiger partial charge < -0.3 is 15.7 Å². The highest BCUT2D eigenvalue weighted by Crippen LogP contribution is 2.24. The van der Waals surface area contributed by atoms with E-state index in [4.69, 9.17) is 16.7 Å². The van der Waals surface area contributed by atoms with Gasteiger partial charge in [-0.1, -0.05) is 18.5 Å². The van der Waals surface area contributed by atoms with Crippen LogP contribution >= 0.6 is 34.2 Å². The second-order valence-electron chi connectivity index (χ2n) is 4.65. The highest BCUT2D eigenvalue weighted by molar-refractivity contribution is 14.1. The minimum atomic E-state index is -0.979. The van der Waals surface area contributed by atoms with Crippen LogP contribution in [0.4, 0.5) is 10.5 Å². The number of carbonyl (C=O) groups is 2. The number of nitrogens with one attached hydrogen (secondary N) is 2. The van der Waals surface area contributed by atoms with Crippen molar-refractivity contribution in [3.63, 3.8) is 0 Å². The van der Waals surface area contributed by atoms with Crippen LogP contribution in [0.5, 0.6) is 0 Å². The number of urea groups is 1. The summed E-state index contributed by atoms with van der Waals surface area (Å²) in [7, 11) is 0. The first-order chi connectivity index (χ1) is 9.28. The molecule has 20 heavy (non-hydrogen) atoms. The van der Waals surface area contributed by atoms with Gasteiger partial charge in [0.05, 0.1) is 16.1 Å². The first-order valence-electron chi connectivity index (χ1n) is 6.02. The van der Waals surface area contributed by atoms with Crippen LogP contribution in [-0.2, 0) is 4.79 Å². The van der Waals surface area contributed by atoms with Crippen LogP contribution in [0.25, 0.3) is 0 Å². The predicted octanol–water partition coefficient (Wildman–Crippen LogP) is 3.57. The zero-order valence-corrected chi connectivity index (χ0v) is 14.1. The summed E-state index contributed by atoms with van der Waals surface area (Å²) >= 11 is 8.12. The van der Waals surface area contributed by atoms with Crippen LogP contribution < -0.4 is 10.6 Å². The van der Waals surface area contributed by atoms with Crippen molar-refractivity contribution in [1.29, 1.82) is 0 Å². The molecule has 1 aromatic rings. The number of anilines is 1. The number of hydrogen-bond acceptors (Lipinski definition) is 2. The maximum absolute atomic E-state index is 11.8. The molecule has 0 aliphatic carbocycles. The molecule has 2 amide bonds. The SMILES string of the molecule is CCC(C)(CNC(=O)Nc1ccc(I)cc1Cl)C(=O)O. The first kappa shape index (κ1) is 17.0. The van der Waals surface area contributed by atoms with Crippen molar-refractivity contribution in [2.75, 3.05) is 11.9 Å². The van der Waals surface area contributed by atoms with Gasteiger partial charge in [0.2, 0.25) is 0 Å². The van der Waals surface area contributed by atoms with Gasteiger partial charge in [-0.05, 0) is 54.1 Å². The molecule has 3 N–H and O–H groups in total. The summed E-state index contributed by atoms with van der Waals surface area (Å²) in [6, 6.07) is 4.76. The number of aliphatic carboxylic acids is 1. The van der Waals surface area contributed by atoms with Gasteiger partial charge in [0.1, 0.15) is 0 Å². The minimum absolute atomic E-state index is 0.0483. The van der Waals surface area contributed by atoms with Crippen LogP contribution in [-0.4, -0.2) is 23.7 Å². The molecule has 0 aromatic heterocycles. The average Bonchev–Trinajstić information content (AvgIpc) is 2.39. The maximum Gasteiger partial charge on any atom is 0.319 e. The van der Waals surface area contributed by atoms with E-state index in [0.29, 0.717) is 17.1 Å². The highest BCUT2D eigenvalue weighted by atomic mass is 127. The van der Waals surface area contributed by atoms with Gasteiger partial charge in [-0.3, -0.25) is 4.79 Å². The molecule has 1 atom stereocenters. The van der Waals surface area contributed by atoms with Crippen molar-refractivity contribution >= 4 is 51.9 Å². The van der Waals surface area contributed by atoms with Crippen molar-refractivity contribution in [2.24, 2.45) is 5.41 Å². The molecule has 1 unspecified atom stereocenters. The molecule has 1 rings (SSSR count). The zero-order chi connectivity index (χ0) is 15.3. The highest BCUT2D eigenvalue weighted by Gasteiger charge is 2.31. The lowest BCUT2D eigenvalue weighted by molar-refractivity contribution is -0.147. The van der Waals surface area contributed by atoms with Crippen LogP contribution in [0.3, 0.4) is 0 Å². The summed E-state index contributed by atoms with van der Waals surface area (Å²) in [6.45, 7) is 3.41. The van der Waals surface area contributed by atoms with E-state index < -0.39 is 17.4 Å². The fraction of sp³-hybridized carbons (Fsp3) is 0.385. The number of rotatable bonds is 5. The molecule has 0 aliphatic heterocycles. The van der Waals surface area contributed by atoms with E-state index in [1.54, 1.807) is 26.0 Å². The second kappa shape index (κ2) is 7.12. The Hall–Kier alpha value is -1.02. The van der Waals surface area contributed by atoms with Crippen molar-refractivity contribution in [3.8, 4) is 0 Å². The lowest BCUT2D eigenvalue weighted by Crippen LogP contribution is -2.42. The normalized spacial score (nSPS) is 13.4. The van der Waals surface area contributed by atoms with Crippen LogP contribution in [0.2, 0.25) is 5.02 Å². The van der Waals surface area contributed by atoms with E-state index in [0.717, 1.165) is 3.57 Å². The van der Waals surface area contributed by atoms with Crippen molar-refractivity contribution in [3.05, 3.63) is 26.8 Å². The molecular weight excluding hydrogens is 395 g/mol. The van der Waals surface area contributed by atoms with Crippen molar-refractivity contribution < 1.29 is 14.7 Å². The zero-order valence-electron chi connectivity index (χ0n) is 11.2. The minimum Gasteiger partial charge on any atom is -0.481 e. The summed E-state index contributed by atoms with van der Waals surface area (Å²) in [5.74, 6) is -0.937. The van der Waals surface area contributed by atoms with Gasteiger partial charge >= 0.3 is 12.0 Å². The second-order valence-corrected chi connectivity index (χ2v) is 6.30. The predicted molar refractivity (Wildman–Crippen MR) is 87.2 cm³/mol. The Morgan fingerprint density at radius 1 is 1.45 bits per heavy atom. The van der Waals surface area contributed by atoms with Crippen LogP contribution in [0.1, 0.15) is 20.3 Å². The van der Waals surface area contributed by atoms with Gasteiger partial charge in [0.25, 0.3) is 0 Å². The van der Waals surface area contributed by atoms with E-state index in [-0.39, 0.29) is 6.54 Å². The first-order valence-corrected chi connectivity index (χ1v) is 7.47. The average molecular weight is 411 g/mol. The summed E-state index contributed by atoms with van der Waals surface area (Å²) in [5, 5.41) is 14.7. The molecule has 0 spiro atoms. The van der Waals surface area contributed by atoms with E-state index in [9.17, 15) is 9.59 Å². The molecule has 7 heteroatoms. The van der Waals surface area contributed by atoms with Gasteiger partial charge in [0, 0.05) is 10.1 Å². The molecule has 5 nitrogen and oxygen atoms in total. The third-order valence-corrected chi connectivity index (χ3v) is 4.10. The van der Waals surface area contributed by atoms with Gasteiger partial charge in [-0.25, -0.2) is 4.79 Å². The third-order valence-electron chi connectivity index (χ3n) is 3.12. The molecule has 0 fully saturated rings. The number of halogens is 2. The van der Waals surface area contributed by atoms with Crippen LogP contribution in [0, 0.1) is 8.99 Å². The van der Waals surface area contributed by atoms with E-state index in [2.05, 4.69) is 33.2 Å². The molecule has 0 saturated heterocycles. The van der Waals surface area contributed by atoms with Crippen molar-refractivity contribution in [2.45, 2.75) is 20.3 Å². The maximum atomic E-state index is 11.8. The smallest absolute Gasteiger partial charge is 0.319 e. The summed E-state index contributed by atoms with van der Waals surface area (Å²) in [6.07, 6.45) is 0.424. The monoisotopic (exact) mass is 410 g/mol. The Bertz CT molecular complexity index is 524. The topological polar surface area (TPSA) is 78.4 Å². The van der Waals surface area contributed by atoms with Gasteiger partial charge in [-0.2, -0.15) is 0 Å². The quantitative estimate of drug-likeness (QED) is 0.649. The number of hydrogen-bond donors (Lipinski definition) is 3. The molecule has 0 aliphatic rings. The molecule has 0 saturated carbocycles. The van der Waals surface area contributed by atoms with Crippen molar-refractivity contribution in [1.82, 2.24) is 5.32 Å². The van der Waals surface area contributed by atoms with E-state index in [1.165, 1.54) is 0 Å². The molecule has 0 bridgehead atoms. The Kier molecular flexibility index (Phi) is 6.07. The molecule has 0 radical (unpaired) electrons. The number of amides is 2. The number of carbonyl (C=O) groups excluding carboxylic acids is 1. The Labute approximate surface area is 136 Å². The lowest BCUT2D eigenvalue weighted by Gasteiger charge is -2.23. The number of carboxylic acid groups (broad SMARTS) is 1. The van der Waals surface area contributed by atoms with Gasteiger partial charge in [-0.15, -0.1) is 0 Å². The number of benzene rings is 1.